The van der Waals surface area contributed by atoms with Crippen LogP contribution in [0.4, 0.5) is 0 Å². The summed E-state index contributed by atoms with van der Waals surface area (Å²) in [5, 5.41) is 9.53. The van der Waals surface area contributed by atoms with Crippen molar-refractivity contribution in [1.82, 2.24) is 9.80 Å². The molecule has 0 bridgehead atoms. The minimum absolute atomic E-state index is 0.362. The Morgan fingerprint density at radius 1 is 1.10 bits per heavy atom. The van der Waals surface area contributed by atoms with Crippen LogP contribution in [0.2, 0.25) is 0 Å². The Labute approximate surface area is 127 Å². The van der Waals surface area contributed by atoms with Crippen LogP contribution in [0.15, 0.2) is 24.3 Å². The van der Waals surface area contributed by atoms with Crippen molar-refractivity contribution in [2.24, 2.45) is 0 Å². The fourth-order valence-corrected chi connectivity index (χ4v) is 3.28. The van der Waals surface area contributed by atoms with Crippen LogP contribution in [0, 0.1) is 0 Å². The molecular formula is C17H26N2O2. The lowest BCUT2D eigenvalue weighted by molar-refractivity contribution is -0.0145. The predicted octanol–water partition coefficient (Wildman–Crippen LogP) is 2.08. The third-order valence-electron chi connectivity index (χ3n) is 4.52. The first-order chi connectivity index (χ1) is 10.3. The van der Waals surface area contributed by atoms with Gasteiger partial charge in [-0.2, -0.15) is 0 Å². The van der Waals surface area contributed by atoms with Gasteiger partial charge in [0.05, 0.1) is 6.10 Å². The van der Waals surface area contributed by atoms with Crippen molar-refractivity contribution in [3.63, 3.8) is 0 Å². The molecule has 2 aliphatic heterocycles. The molecule has 1 N–H and O–H groups in total. The standard InChI is InChI=1S/C17H26N2O2/c20-16-5-3-4-15(12-16)13-18-7-9-19(10-8-18)14-17-6-1-2-11-21-17/h3-5,12,17,20H,1-2,6-11,13-14H2/t17-/m1/s1. The third-order valence-corrected chi connectivity index (χ3v) is 4.52. The summed E-state index contributed by atoms with van der Waals surface area (Å²) in [4.78, 5) is 5.00. The molecule has 0 radical (unpaired) electrons. The summed E-state index contributed by atoms with van der Waals surface area (Å²) < 4.78 is 5.83. The van der Waals surface area contributed by atoms with Gasteiger partial charge in [-0.3, -0.25) is 9.80 Å². The van der Waals surface area contributed by atoms with E-state index in [0.29, 0.717) is 11.9 Å². The number of rotatable bonds is 4. The van der Waals surface area contributed by atoms with Crippen molar-refractivity contribution in [2.45, 2.75) is 31.9 Å². The molecular weight excluding hydrogens is 264 g/mol. The van der Waals surface area contributed by atoms with Gasteiger partial charge >= 0.3 is 0 Å². The maximum absolute atomic E-state index is 9.53. The van der Waals surface area contributed by atoms with Gasteiger partial charge < -0.3 is 9.84 Å². The molecule has 0 saturated carbocycles. The lowest BCUT2D eigenvalue weighted by atomic mass is 10.1. The van der Waals surface area contributed by atoms with Crippen molar-refractivity contribution in [3.05, 3.63) is 29.8 Å². The zero-order valence-electron chi connectivity index (χ0n) is 12.7. The summed E-state index contributed by atoms with van der Waals surface area (Å²) >= 11 is 0. The second kappa shape index (κ2) is 7.25. The fourth-order valence-electron chi connectivity index (χ4n) is 3.28. The van der Waals surface area contributed by atoms with E-state index in [-0.39, 0.29) is 0 Å². The average molecular weight is 290 g/mol. The van der Waals surface area contributed by atoms with Gasteiger partial charge in [-0.1, -0.05) is 12.1 Å². The van der Waals surface area contributed by atoms with E-state index < -0.39 is 0 Å². The number of hydrogen-bond donors (Lipinski definition) is 1. The van der Waals surface area contributed by atoms with Gasteiger partial charge in [0.15, 0.2) is 0 Å². The number of phenols is 1. The SMILES string of the molecule is Oc1cccc(CN2CCN(C[C@H]3CCCCO3)CC2)c1. The van der Waals surface area contributed by atoms with E-state index in [9.17, 15) is 5.11 Å². The molecule has 4 heteroatoms. The molecule has 2 saturated heterocycles. The Morgan fingerprint density at radius 2 is 1.90 bits per heavy atom. The van der Waals surface area contributed by atoms with Crippen molar-refractivity contribution in [1.29, 1.82) is 0 Å². The van der Waals surface area contributed by atoms with E-state index in [2.05, 4.69) is 15.9 Å². The minimum Gasteiger partial charge on any atom is -0.508 e. The van der Waals surface area contributed by atoms with Crippen molar-refractivity contribution >= 4 is 0 Å². The van der Waals surface area contributed by atoms with E-state index in [1.165, 1.54) is 24.8 Å². The lowest BCUT2D eigenvalue weighted by Gasteiger charge is -2.37. The molecule has 1 aromatic rings. The van der Waals surface area contributed by atoms with Crippen LogP contribution in [0.25, 0.3) is 0 Å². The van der Waals surface area contributed by atoms with Crippen LogP contribution in [-0.4, -0.2) is 60.3 Å². The Hall–Kier alpha value is -1.10. The normalized spacial score (nSPS) is 25.0. The van der Waals surface area contributed by atoms with Crippen LogP contribution >= 0.6 is 0 Å². The Kier molecular flexibility index (Phi) is 5.12. The van der Waals surface area contributed by atoms with Gasteiger partial charge in [-0.15, -0.1) is 0 Å². The van der Waals surface area contributed by atoms with E-state index in [1.54, 1.807) is 6.07 Å². The van der Waals surface area contributed by atoms with Gasteiger partial charge in [0.1, 0.15) is 5.75 Å². The molecule has 4 nitrogen and oxygen atoms in total. The largest absolute Gasteiger partial charge is 0.508 e. The number of nitrogens with zero attached hydrogens (tertiary/aromatic N) is 2. The van der Waals surface area contributed by atoms with Gasteiger partial charge in [-0.25, -0.2) is 0 Å². The van der Waals surface area contributed by atoms with E-state index in [4.69, 9.17) is 4.74 Å². The lowest BCUT2D eigenvalue weighted by Crippen LogP contribution is -2.48. The van der Waals surface area contributed by atoms with E-state index in [1.807, 2.05) is 12.1 Å². The molecule has 2 fully saturated rings. The van der Waals surface area contributed by atoms with Crippen molar-refractivity contribution < 1.29 is 9.84 Å². The van der Waals surface area contributed by atoms with Gasteiger partial charge in [0.2, 0.25) is 0 Å². The summed E-state index contributed by atoms with van der Waals surface area (Å²) in [5.41, 5.74) is 1.19. The highest BCUT2D eigenvalue weighted by Crippen LogP contribution is 2.17. The number of phenolic OH excluding ortho intramolecular Hbond substituents is 1. The van der Waals surface area contributed by atoms with Crippen LogP contribution in [0.5, 0.6) is 5.75 Å². The summed E-state index contributed by atoms with van der Waals surface area (Å²) in [6.07, 6.45) is 4.23. The maximum Gasteiger partial charge on any atom is 0.115 e. The molecule has 21 heavy (non-hydrogen) atoms. The number of benzene rings is 1. The highest BCUT2D eigenvalue weighted by atomic mass is 16.5. The topological polar surface area (TPSA) is 35.9 Å². The smallest absolute Gasteiger partial charge is 0.115 e. The minimum atomic E-state index is 0.362. The maximum atomic E-state index is 9.53. The number of aromatic hydroxyl groups is 1. The Bertz CT molecular complexity index is 438. The summed E-state index contributed by atoms with van der Waals surface area (Å²) in [6.45, 7) is 7.42. The zero-order chi connectivity index (χ0) is 14.5. The van der Waals surface area contributed by atoms with Crippen LogP contribution in [-0.2, 0) is 11.3 Å². The molecule has 0 aliphatic carbocycles. The Balaban J connectivity index is 1.42. The molecule has 0 unspecified atom stereocenters. The van der Waals surface area contributed by atoms with Gasteiger partial charge in [0.25, 0.3) is 0 Å². The highest BCUT2D eigenvalue weighted by molar-refractivity contribution is 5.27. The first-order valence-corrected chi connectivity index (χ1v) is 8.14. The summed E-state index contributed by atoms with van der Waals surface area (Å²) in [6, 6.07) is 7.59. The molecule has 2 heterocycles. The average Bonchev–Trinajstić information content (AvgIpc) is 2.50. The molecule has 116 valence electrons. The quantitative estimate of drug-likeness (QED) is 0.921. The number of hydrogen-bond acceptors (Lipinski definition) is 4. The molecule has 2 aliphatic rings. The molecule has 0 spiro atoms. The first-order valence-electron chi connectivity index (χ1n) is 8.14. The van der Waals surface area contributed by atoms with Crippen molar-refractivity contribution in [3.8, 4) is 5.75 Å². The van der Waals surface area contributed by atoms with E-state index in [0.717, 1.165) is 45.9 Å². The zero-order valence-corrected chi connectivity index (χ0v) is 12.7. The Morgan fingerprint density at radius 3 is 2.62 bits per heavy atom. The highest BCUT2D eigenvalue weighted by Gasteiger charge is 2.21. The molecule has 3 rings (SSSR count). The second-order valence-corrected chi connectivity index (χ2v) is 6.24. The number of piperazine rings is 1. The fraction of sp³-hybridized carbons (Fsp3) is 0.647. The van der Waals surface area contributed by atoms with Crippen molar-refractivity contribution in [2.75, 3.05) is 39.3 Å². The van der Waals surface area contributed by atoms with Crippen LogP contribution < -0.4 is 0 Å². The predicted molar refractivity (Wildman–Crippen MR) is 83.4 cm³/mol. The first kappa shape index (κ1) is 14.8. The monoisotopic (exact) mass is 290 g/mol. The van der Waals surface area contributed by atoms with Crippen LogP contribution in [0.3, 0.4) is 0 Å². The summed E-state index contributed by atoms with van der Waals surface area (Å²) in [7, 11) is 0. The molecule has 1 atom stereocenters. The second-order valence-electron chi connectivity index (χ2n) is 6.24. The number of ether oxygens (including phenoxy) is 1. The molecule has 1 aromatic carbocycles. The van der Waals surface area contributed by atoms with Gasteiger partial charge in [-0.05, 0) is 37.0 Å². The van der Waals surface area contributed by atoms with E-state index >= 15 is 0 Å². The van der Waals surface area contributed by atoms with Gasteiger partial charge in [0, 0.05) is 45.9 Å². The summed E-state index contributed by atoms with van der Waals surface area (Å²) in [5.74, 6) is 0.362. The third kappa shape index (κ3) is 4.43. The molecule has 0 aromatic heterocycles. The van der Waals surface area contributed by atoms with Crippen LogP contribution in [0.1, 0.15) is 24.8 Å². The molecule has 0 amide bonds.